The molecule has 5 heteroatoms. The zero-order valence-electron chi connectivity index (χ0n) is 13.8. The van der Waals surface area contributed by atoms with E-state index in [0.717, 1.165) is 12.0 Å². The Bertz CT molecular complexity index is 727. The number of hydrogen-bond acceptors (Lipinski definition) is 3. The molecular formula is C19H21NO4. The van der Waals surface area contributed by atoms with Gasteiger partial charge in [0.25, 0.3) is 5.91 Å². The van der Waals surface area contributed by atoms with Crippen molar-refractivity contribution in [3.8, 4) is 5.75 Å². The van der Waals surface area contributed by atoms with Crippen molar-refractivity contribution in [3.63, 3.8) is 0 Å². The number of nitrogens with one attached hydrogen (secondary N) is 1. The van der Waals surface area contributed by atoms with Gasteiger partial charge in [0.2, 0.25) is 0 Å². The maximum Gasteiger partial charge on any atom is 0.335 e. The van der Waals surface area contributed by atoms with Gasteiger partial charge in [-0.05, 0) is 42.2 Å². The van der Waals surface area contributed by atoms with Crippen LogP contribution in [0.3, 0.4) is 0 Å². The van der Waals surface area contributed by atoms with Gasteiger partial charge in [-0.15, -0.1) is 0 Å². The maximum absolute atomic E-state index is 12.0. The minimum Gasteiger partial charge on any atom is -0.483 e. The number of carbonyl (C=O) groups is 2. The second-order valence-corrected chi connectivity index (χ2v) is 5.57. The molecule has 0 saturated carbocycles. The number of carboxylic acid groups (broad SMARTS) is 1. The fraction of sp³-hybridized carbons (Fsp3) is 0.263. The normalized spacial score (nSPS) is 11.6. The predicted octanol–water partition coefficient (Wildman–Crippen LogP) is 3.92. The Labute approximate surface area is 141 Å². The average molecular weight is 327 g/mol. The number of para-hydroxylation sites is 1. The second kappa shape index (κ2) is 8.15. The summed E-state index contributed by atoms with van der Waals surface area (Å²) in [6.07, 6.45) is 0.981. The van der Waals surface area contributed by atoms with E-state index >= 15 is 0 Å². The van der Waals surface area contributed by atoms with E-state index < -0.39 is 5.97 Å². The van der Waals surface area contributed by atoms with Gasteiger partial charge < -0.3 is 15.2 Å². The van der Waals surface area contributed by atoms with E-state index in [9.17, 15) is 9.59 Å². The molecule has 0 aromatic heterocycles. The molecule has 0 radical (unpaired) electrons. The van der Waals surface area contributed by atoms with Crippen LogP contribution in [0, 0.1) is 0 Å². The van der Waals surface area contributed by atoms with Gasteiger partial charge in [-0.1, -0.05) is 38.1 Å². The molecule has 0 saturated heterocycles. The minimum atomic E-state index is -1.04. The highest BCUT2D eigenvalue weighted by Crippen LogP contribution is 2.28. The average Bonchev–Trinajstić information content (AvgIpc) is 2.59. The largest absolute Gasteiger partial charge is 0.483 e. The molecule has 0 bridgehead atoms. The Morgan fingerprint density at radius 2 is 1.92 bits per heavy atom. The first-order valence-corrected chi connectivity index (χ1v) is 7.86. The van der Waals surface area contributed by atoms with Gasteiger partial charge in [-0.3, -0.25) is 4.79 Å². The molecule has 2 N–H and O–H groups in total. The first kappa shape index (κ1) is 17.5. The van der Waals surface area contributed by atoms with Crippen LogP contribution in [-0.4, -0.2) is 23.6 Å². The van der Waals surface area contributed by atoms with E-state index in [2.05, 4.69) is 19.2 Å². The summed E-state index contributed by atoms with van der Waals surface area (Å²) in [7, 11) is 0. The third-order valence-electron chi connectivity index (χ3n) is 3.81. The summed E-state index contributed by atoms with van der Waals surface area (Å²) >= 11 is 0. The highest BCUT2D eigenvalue weighted by atomic mass is 16.5. The van der Waals surface area contributed by atoms with Crippen LogP contribution in [0.2, 0.25) is 0 Å². The van der Waals surface area contributed by atoms with Crippen molar-refractivity contribution in [2.24, 2.45) is 0 Å². The molecule has 2 aromatic rings. The van der Waals surface area contributed by atoms with Crippen LogP contribution in [0.5, 0.6) is 5.75 Å². The Hall–Kier alpha value is -2.82. The van der Waals surface area contributed by atoms with Gasteiger partial charge in [-0.2, -0.15) is 0 Å². The highest BCUT2D eigenvalue weighted by molar-refractivity contribution is 5.94. The Morgan fingerprint density at radius 1 is 1.17 bits per heavy atom. The van der Waals surface area contributed by atoms with Crippen molar-refractivity contribution in [2.45, 2.75) is 26.2 Å². The minimum absolute atomic E-state index is 0.121. The topological polar surface area (TPSA) is 75.6 Å². The number of ether oxygens (including phenoxy) is 1. The molecule has 2 aromatic carbocycles. The zero-order chi connectivity index (χ0) is 17.5. The van der Waals surface area contributed by atoms with Gasteiger partial charge in [0.15, 0.2) is 6.61 Å². The van der Waals surface area contributed by atoms with Gasteiger partial charge in [0.05, 0.1) is 5.56 Å². The molecule has 0 aliphatic carbocycles. The predicted molar refractivity (Wildman–Crippen MR) is 92.7 cm³/mol. The number of benzene rings is 2. The van der Waals surface area contributed by atoms with E-state index in [1.807, 2.05) is 24.3 Å². The zero-order valence-corrected chi connectivity index (χ0v) is 13.8. The Balaban J connectivity index is 1.99. The van der Waals surface area contributed by atoms with Crippen LogP contribution in [-0.2, 0) is 4.79 Å². The first-order valence-electron chi connectivity index (χ1n) is 7.86. The molecule has 0 aliphatic heterocycles. The molecule has 0 fully saturated rings. The number of carboxylic acids is 1. The van der Waals surface area contributed by atoms with E-state index in [-0.39, 0.29) is 18.1 Å². The molecule has 24 heavy (non-hydrogen) atoms. The van der Waals surface area contributed by atoms with Crippen LogP contribution >= 0.6 is 0 Å². The van der Waals surface area contributed by atoms with Crippen LogP contribution in [0.25, 0.3) is 0 Å². The van der Waals surface area contributed by atoms with Crippen molar-refractivity contribution in [1.29, 1.82) is 0 Å². The molecule has 5 nitrogen and oxygen atoms in total. The molecule has 0 heterocycles. The van der Waals surface area contributed by atoms with Gasteiger partial charge in [0.1, 0.15) is 5.75 Å². The number of amides is 1. The third kappa shape index (κ3) is 4.59. The number of carbonyl (C=O) groups excluding carboxylic acids is 1. The summed E-state index contributed by atoms with van der Waals surface area (Å²) in [5.41, 5.74) is 1.62. The standard InChI is InChI=1S/C19H21NO4/c1-3-13(2)16-9-4-5-10-17(16)24-12-18(21)20-15-8-6-7-14(11-15)19(22)23/h4-11,13H,3,12H2,1-2H3,(H,20,21)(H,22,23)/t13-/m0/s1. The molecule has 1 amide bonds. The van der Waals surface area contributed by atoms with Crippen LogP contribution in [0.1, 0.15) is 42.1 Å². The van der Waals surface area contributed by atoms with Crippen LogP contribution in [0.15, 0.2) is 48.5 Å². The fourth-order valence-electron chi connectivity index (χ4n) is 2.31. The second-order valence-electron chi connectivity index (χ2n) is 5.57. The van der Waals surface area contributed by atoms with Gasteiger partial charge in [-0.25, -0.2) is 4.79 Å². The van der Waals surface area contributed by atoms with Crippen LogP contribution in [0.4, 0.5) is 5.69 Å². The lowest BCUT2D eigenvalue weighted by Gasteiger charge is -2.15. The molecule has 0 spiro atoms. The summed E-state index contributed by atoms with van der Waals surface area (Å²) < 4.78 is 5.64. The van der Waals surface area contributed by atoms with Gasteiger partial charge in [0, 0.05) is 5.69 Å². The first-order chi connectivity index (χ1) is 11.5. The summed E-state index contributed by atoms with van der Waals surface area (Å²) in [5, 5.41) is 11.6. The van der Waals surface area contributed by atoms with Crippen molar-refractivity contribution < 1.29 is 19.4 Å². The number of aromatic carboxylic acids is 1. The lowest BCUT2D eigenvalue weighted by molar-refractivity contribution is -0.118. The smallest absolute Gasteiger partial charge is 0.335 e. The third-order valence-corrected chi connectivity index (χ3v) is 3.81. The lowest BCUT2D eigenvalue weighted by Crippen LogP contribution is -2.20. The Morgan fingerprint density at radius 3 is 2.62 bits per heavy atom. The highest BCUT2D eigenvalue weighted by Gasteiger charge is 2.11. The van der Waals surface area contributed by atoms with E-state index in [0.29, 0.717) is 17.4 Å². The fourth-order valence-corrected chi connectivity index (χ4v) is 2.31. The van der Waals surface area contributed by atoms with Crippen molar-refractivity contribution >= 4 is 17.6 Å². The molecule has 0 unspecified atom stereocenters. The number of rotatable bonds is 7. The van der Waals surface area contributed by atoms with E-state index in [1.54, 1.807) is 12.1 Å². The van der Waals surface area contributed by atoms with Crippen molar-refractivity contribution in [1.82, 2.24) is 0 Å². The summed E-state index contributed by atoms with van der Waals surface area (Å²) in [5.74, 6) is -0.334. The van der Waals surface area contributed by atoms with E-state index in [1.165, 1.54) is 12.1 Å². The molecular weight excluding hydrogens is 306 g/mol. The van der Waals surface area contributed by atoms with E-state index in [4.69, 9.17) is 9.84 Å². The molecule has 126 valence electrons. The molecule has 0 aliphatic rings. The van der Waals surface area contributed by atoms with Crippen LogP contribution < -0.4 is 10.1 Å². The molecule has 1 atom stereocenters. The quantitative estimate of drug-likeness (QED) is 0.808. The number of anilines is 1. The molecule has 2 rings (SSSR count). The maximum atomic E-state index is 12.0. The summed E-state index contributed by atoms with van der Waals surface area (Å²) in [6, 6.07) is 13.8. The van der Waals surface area contributed by atoms with Crippen molar-refractivity contribution in [2.75, 3.05) is 11.9 Å². The summed E-state index contributed by atoms with van der Waals surface area (Å²) in [6.45, 7) is 4.08. The lowest BCUT2D eigenvalue weighted by atomic mass is 9.98. The van der Waals surface area contributed by atoms with Crippen molar-refractivity contribution in [3.05, 3.63) is 59.7 Å². The number of hydrogen-bond donors (Lipinski definition) is 2. The SMILES string of the molecule is CC[C@H](C)c1ccccc1OCC(=O)Nc1cccc(C(=O)O)c1. The Kier molecular flexibility index (Phi) is 5.95. The monoisotopic (exact) mass is 327 g/mol. The van der Waals surface area contributed by atoms with Gasteiger partial charge >= 0.3 is 5.97 Å². The summed E-state index contributed by atoms with van der Waals surface area (Å²) in [4.78, 5) is 23.0.